The Balaban J connectivity index is 2.24. The number of hydrogen-bond acceptors (Lipinski definition) is 5. The molecule has 0 bridgehead atoms. The van der Waals surface area contributed by atoms with Gasteiger partial charge in [0.15, 0.2) is 0 Å². The molecule has 1 saturated heterocycles. The molecule has 0 radical (unpaired) electrons. The molecule has 6 nitrogen and oxygen atoms in total. The average Bonchev–Trinajstić information content (AvgIpc) is 2.31. The number of carbonyl (C=O) groups excluding carboxylic acids is 2. The number of thioether (sulfide) groups is 1. The molecule has 7 heteroatoms. The molecule has 4 N–H and O–H groups in total. The van der Waals surface area contributed by atoms with Crippen molar-refractivity contribution in [1.82, 2.24) is 21.3 Å². The largest absolute Gasteiger partial charge is 0.354 e. The fourth-order valence-corrected chi connectivity index (χ4v) is 2.02. The summed E-state index contributed by atoms with van der Waals surface area (Å²) in [6.45, 7) is 4.53. The number of carbonyl (C=O) groups is 2. The van der Waals surface area contributed by atoms with Gasteiger partial charge in [-0.1, -0.05) is 0 Å². The Kier molecular flexibility index (Phi) is 7.78. The van der Waals surface area contributed by atoms with Gasteiger partial charge in [-0.15, -0.1) is 11.8 Å². The van der Waals surface area contributed by atoms with Crippen molar-refractivity contribution >= 4 is 23.6 Å². The van der Waals surface area contributed by atoms with Crippen LogP contribution in [0.5, 0.6) is 0 Å². The van der Waals surface area contributed by atoms with Gasteiger partial charge >= 0.3 is 0 Å². The van der Waals surface area contributed by atoms with Gasteiger partial charge in [-0.2, -0.15) is 0 Å². The van der Waals surface area contributed by atoms with Gasteiger partial charge in [-0.05, 0) is 0 Å². The maximum Gasteiger partial charge on any atom is 0.230 e. The fourth-order valence-electron chi connectivity index (χ4n) is 1.35. The molecule has 2 amide bonds. The molecule has 1 fully saturated rings. The molecular weight excluding hydrogens is 240 g/mol. The van der Waals surface area contributed by atoms with E-state index in [2.05, 4.69) is 21.3 Å². The second kappa shape index (κ2) is 9.26. The van der Waals surface area contributed by atoms with Crippen LogP contribution in [0.1, 0.15) is 0 Å². The Bertz CT molecular complexity index is 226. The van der Waals surface area contributed by atoms with Gasteiger partial charge in [0.1, 0.15) is 0 Å². The van der Waals surface area contributed by atoms with Crippen LogP contribution in [-0.4, -0.2) is 62.6 Å². The predicted octanol–water partition coefficient (Wildman–Crippen LogP) is -1.86. The van der Waals surface area contributed by atoms with E-state index in [1.54, 1.807) is 0 Å². The first kappa shape index (κ1) is 14.3. The summed E-state index contributed by atoms with van der Waals surface area (Å²) in [5, 5.41) is 12.0. The molecule has 0 atom stereocenters. The molecule has 0 aromatic rings. The Hall–Kier alpha value is -0.790. The molecule has 0 unspecified atom stereocenters. The van der Waals surface area contributed by atoms with E-state index in [-0.39, 0.29) is 11.8 Å². The number of amides is 2. The third-order valence-corrected chi connectivity index (χ3v) is 3.13. The van der Waals surface area contributed by atoms with Crippen molar-refractivity contribution in [2.75, 3.05) is 50.8 Å². The Morgan fingerprint density at radius 1 is 0.706 bits per heavy atom. The van der Waals surface area contributed by atoms with E-state index in [9.17, 15) is 9.59 Å². The molecule has 1 aliphatic rings. The summed E-state index contributed by atoms with van der Waals surface area (Å²) in [6, 6.07) is 0. The van der Waals surface area contributed by atoms with Crippen LogP contribution in [0.15, 0.2) is 0 Å². The lowest BCUT2D eigenvalue weighted by Crippen LogP contribution is -2.37. The van der Waals surface area contributed by atoms with E-state index >= 15 is 0 Å². The second-order valence-electron chi connectivity index (χ2n) is 3.69. The minimum Gasteiger partial charge on any atom is -0.354 e. The number of nitrogens with one attached hydrogen (secondary N) is 4. The first-order chi connectivity index (χ1) is 8.29. The highest BCUT2D eigenvalue weighted by molar-refractivity contribution is 8.00. The van der Waals surface area contributed by atoms with E-state index in [0.29, 0.717) is 24.6 Å². The first-order valence-electron chi connectivity index (χ1n) is 5.81. The third-order valence-electron chi connectivity index (χ3n) is 2.19. The first-order valence-corrected chi connectivity index (χ1v) is 6.97. The predicted molar refractivity (Wildman–Crippen MR) is 69.1 cm³/mol. The molecule has 0 aromatic carbocycles. The summed E-state index contributed by atoms with van der Waals surface area (Å²) in [5.74, 6) is 0.646. The van der Waals surface area contributed by atoms with Crippen LogP contribution in [0, 0.1) is 0 Å². The van der Waals surface area contributed by atoms with E-state index < -0.39 is 0 Å². The quantitative estimate of drug-likeness (QED) is 0.411. The van der Waals surface area contributed by atoms with E-state index in [1.807, 2.05) is 0 Å². The molecular formula is C10H20N4O2S. The summed E-state index contributed by atoms with van der Waals surface area (Å²) < 4.78 is 0. The van der Waals surface area contributed by atoms with Crippen molar-refractivity contribution in [3.63, 3.8) is 0 Å². The van der Waals surface area contributed by atoms with Crippen LogP contribution in [0.2, 0.25) is 0 Å². The Morgan fingerprint density at radius 2 is 1.12 bits per heavy atom. The van der Waals surface area contributed by atoms with Crippen molar-refractivity contribution in [3.8, 4) is 0 Å². The lowest BCUT2D eigenvalue weighted by molar-refractivity contribution is -0.118. The van der Waals surface area contributed by atoms with Crippen LogP contribution in [0.25, 0.3) is 0 Å². The van der Waals surface area contributed by atoms with Crippen molar-refractivity contribution in [2.45, 2.75) is 0 Å². The molecule has 0 saturated carbocycles. The van der Waals surface area contributed by atoms with Crippen LogP contribution in [0.4, 0.5) is 0 Å². The summed E-state index contributed by atoms with van der Waals surface area (Å²) in [6.07, 6.45) is 0. The zero-order valence-electron chi connectivity index (χ0n) is 9.88. The SMILES string of the molecule is O=C1CSCC(=O)NCCNCCNCCN1. The van der Waals surface area contributed by atoms with Gasteiger partial charge in [0, 0.05) is 39.3 Å². The monoisotopic (exact) mass is 260 g/mol. The molecule has 1 rings (SSSR count). The standard InChI is InChI=1S/C10H20N4O2S/c15-9-7-17-8-10(16)14-6-4-12-2-1-11-3-5-13-9/h11-12H,1-8H2,(H,13,15)(H,14,16). The molecule has 1 heterocycles. The molecule has 1 aliphatic heterocycles. The minimum atomic E-state index is -0.0161. The van der Waals surface area contributed by atoms with Crippen LogP contribution in [-0.2, 0) is 9.59 Å². The van der Waals surface area contributed by atoms with E-state index in [1.165, 1.54) is 11.8 Å². The fraction of sp³-hybridized carbons (Fsp3) is 0.800. The summed E-state index contributed by atoms with van der Waals surface area (Å²) in [5.41, 5.74) is 0. The Morgan fingerprint density at radius 3 is 1.59 bits per heavy atom. The van der Waals surface area contributed by atoms with Crippen LogP contribution in [0.3, 0.4) is 0 Å². The highest BCUT2D eigenvalue weighted by Gasteiger charge is 2.05. The second-order valence-corrected chi connectivity index (χ2v) is 4.68. The van der Waals surface area contributed by atoms with Crippen LogP contribution >= 0.6 is 11.8 Å². The number of hydrogen-bond donors (Lipinski definition) is 4. The maximum atomic E-state index is 11.3. The van der Waals surface area contributed by atoms with Crippen molar-refractivity contribution in [1.29, 1.82) is 0 Å². The van der Waals surface area contributed by atoms with Crippen molar-refractivity contribution in [3.05, 3.63) is 0 Å². The zero-order chi connectivity index (χ0) is 12.3. The lowest BCUT2D eigenvalue weighted by atomic mass is 10.5. The highest BCUT2D eigenvalue weighted by Crippen LogP contribution is 1.97. The van der Waals surface area contributed by atoms with Gasteiger partial charge < -0.3 is 21.3 Å². The maximum absolute atomic E-state index is 11.3. The lowest BCUT2D eigenvalue weighted by Gasteiger charge is -2.07. The molecule has 0 spiro atoms. The highest BCUT2D eigenvalue weighted by atomic mass is 32.2. The van der Waals surface area contributed by atoms with E-state index in [0.717, 1.165) is 26.2 Å². The van der Waals surface area contributed by atoms with Crippen molar-refractivity contribution in [2.24, 2.45) is 0 Å². The number of rotatable bonds is 0. The molecule has 17 heavy (non-hydrogen) atoms. The van der Waals surface area contributed by atoms with Gasteiger partial charge in [0.25, 0.3) is 0 Å². The van der Waals surface area contributed by atoms with Crippen LogP contribution < -0.4 is 21.3 Å². The Labute approximate surface area is 106 Å². The topological polar surface area (TPSA) is 82.3 Å². The molecule has 0 aliphatic carbocycles. The van der Waals surface area contributed by atoms with Gasteiger partial charge in [-0.3, -0.25) is 9.59 Å². The summed E-state index contributed by atoms with van der Waals surface area (Å²) in [7, 11) is 0. The minimum absolute atomic E-state index is 0.0161. The molecule has 98 valence electrons. The van der Waals surface area contributed by atoms with Crippen molar-refractivity contribution < 1.29 is 9.59 Å². The van der Waals surface area contributed by atoms with Gasteiger partial charge in [-0.25, -0.2) is 0 Å². The van der Waals surface area contributed by atoms with Gasteiger partial charge in [0.2, 0.25) is 11.8 Å². The summed E-state index contributed by atoms with van der Waals surface area (Å²) >= 11 is 1.34. The zero-order valence-corrected chi connectivity index (χ0v) is 10.7. The third kappa shape index (κ3) is 8.00. The molecule has 0 aromatic heterocycles. The van der Waals surface area contributed by atoms with E-state index in [4.69, 9.17) is 0 Å². The van der Waals surface area contributed by atoms with Gasteiger partial charge in [0.05, 0.1) is 11.5 Å². The normalized spacial score (nSPS) is 21.9. The smallest absolute Gasteiger partial charge is 0.230 e. The average molecular weight is 260 g/mol. The summed E-state index contributed by atoms with van der Waals surface area (Å²) in [4.78, 5) is 22.6.